The predicted octanol–water partition coefficient (Wildman–Crippen LogP) is 1.94. The largest absolute Gasteiger partial charge is 0.356 e. The van der Waals surface area contributed by atoms with Crippen LogP contribution in [0.1, 0.15) is 39.5 Å². The summed E-state index contributed by atoms with van der Waals surface area (Å²) in [5, 5.41) is 3.14. The third-order valence-corrected chi connectivity index (χ3v) is 5.52. The van der Waals surface area contributed by atoms with Gasteiger partial charge >= 0.3 is 0 Å². The van der Waals surface area contributed by atoms with Gasteiger partial charge in [-0.05, 0) is 48.9 Å². The van der Waals surface area contributed by atoms with Gasteiger partial charge in [-0.3, -0.25) is 4.79 Å². The molecule has 0 heterocycles. The number of fused-ring (bicyclic) bond motifs is 2. The SMILES string of the molecule is CC1(C)CC1CNC(=O)C1C2CCC(C2)C1N.Cl. The minimum absolute atomic E-state index is 0. The quantitative estimate of drug-likeness (QED) is 0.825. The molecule has 4 heteroatoms. The highest BCUT2D eigenvalue weighted by molar-refractivity contribution is 5.85. The summed E-state index contributed by atoms with van der Waals surface area (Å²) < 4.78 is 0. The van der Waals surface area contributed by atoms with Crippen LogP contribution in [0.2, 0.25) is 0 Å². The highest BCUT2D eigenvalue weighted by atomic mass is 35.5. The molecule has 5 unspecified atom stereocenters. The average molecular weight is 273 g/mol. The van der Waals surface area contributed by atoms with E-state index in [2.05, 4.69) is 19.2 Å². The van der Waals surface area contributed by atoms with Crippen molar-refractivity contribution in [2.75, 3.05) is 6.54 Å². The van der Waals surface area contributed by atoms with E-state index in [0.29, 0.717) is 23.2 Å². The van der Waals surface area contributed by atoms with Gasteiger partial charge in [0, 0.05) is 12.6 Å². The molecule has 0 aliphatic heterocycles. The van der Waals surface area contributed by atoms with Crippen molar-refractivity contribution in [2.45, 2.75) is 45.6 Å². The predicted molar refractivity (Wildman–Crippen MR) is 74.4 cm³/mol. The maximum atomic E-state index is 12.2. The van der Waals surface area contributed by atoms with Crippen LogP contribution in [0.5, 0.6) is 0 Å². The van der Waals surface area contributed by atoms with Crippen molar-refractivity contribution in [1.82, 2.24) is 5.32 Å². The van der Waals surface area contributed by atoms with Crippen molar-refractivity contribution in [3.8, 4) is 0 Å². The number of carbonyl (C=O) groups is 1. The summed E-state index contributed by atoms with van der Waals surface area (Å²) in [6.07, 6.45) is 4.89. The second kappa shape index (κ2) is 4.68. The third kappa shape index (κ3) is 2.27. The van der Waals surface area contributed by atoms with E-state index in [1.807, 2.05) is 0 Å². The summed E-state index contributed by atoms with van der Waals surface area (Å²) in [4.78, 5) is 12.2. The zero-order valence-corrected chi connectivity index (χ0v) is 12.1. The first-order valence-corrected chi connectivity index (χ1v) is 7.02. The summed E-state index contributed by atoms with van der Waals surface area (Å²) in [7, 11) is 0. The number of carbonyl (C=O) groups excluding carboxylic acids is 1. The van der Waals surface area contributed by atoms with Crippen molar-refractivity contribution in [3.05, 3.63) is 0 Å². The van der Waals surface area contributed by atoms with Crippen molar-refractivity contribution in [3.63, 3.8) is 0 Å². The molecule has 18 heavy (non-hydrogen) atoms. The lowest BCUT2D eigenvalue weighted by Gasteiger charge is -2.27. The highest BCUT2D eigenvalue weighted by Crippen LogP contribution is 2.51. The van der Waals surface area contributed by atoms with Gasteiger partial charge in [-0.2, -0.15) is 0 Å². The number of nitrogens with two attached hydrogens (primary N) is 1. The Bertz CT molecular complexity index is 343. The number of nitrogens with one attached hydrogen (secondary N) is 1. The Morgan fingerprint density at radius 1 is 1.33 bits per heavy atom. The van der Waals surface area contributed by atoms with Crippen LogP contribution in [-0.2, 0) is 4.79 Å². The molecule has 0 aromatic rings. The molecule has 3 N–H and O–H groups in total. The number of hydrogen-bond acceptors (Lipinski definition) is 2. The third-order valence-electron chi connectivity index (χ3n) is 5.52. The van der Waals surface area contributed by atoms with Crippen LogP contribution in [0.3, 0.4) is 0 Å². The van der Waals surface area contributed by atoms with Crippen LogP contribution in [0.25, 0.3) is 0 Å². The Hall–Kier alpha value is -0.280. The topological polar surface area (TPSA) is 55.1 Å². The van der Waals surface area contributed by atoms with E-state index in [1.54, 1.807) is 0 Å². The van der Waals surface area contributed by atoms with Crippen LogP contribution in [0.4, 0.5) is 0 Å². The van der Waals surface area contributed by atoms with Gasteiger partial charge in [0.1, 0.15) is 0 Å². The second-order valence-electron chi connectivity index (χ2n) is 7.07. The first-order valence-electron chi connectivity index (χ1n) is 7.02. The lowest BCUT2D eigenvalue weighted by atomic mass is 9.84. The van der Waals surface area contributed by atoms with Gasteiger partial charge < -0.3 is 11.1 Å². The maximum Gasteiger partial charge on any atom is 0.224 e. The van der Waals surface area contributed by atoms with Crippen LogP contribution >= 0.6 is 12.4 Å². The minimum atomic E-state index is 0. The van der Waals surface area contributed by atoms with E-state index in [0.717, 1.165) is 6.54 Å². The number of hydrogen-bond donors (Lipinski definition) is 2. The van der Waals surface area contributed by atoms with E-state index in [4.69, 9.17) is 5.73 Å². The first-order chi connectivity index (χ1) is 7.99. The fraction of sp³-hybridized carbons (Fsp3) is 0.929. The fourth-order valence-electron chi connectivity index (χ4n) is 3.99. The van der Waals surface area contributed by atoms with E-state index in [1.165, 1.54) is 25.7 Å². The number of amides is 1. The van der Waals surface area contributed by atoms with Gasteiger partial charge in [-0.1, -0.05) is 13.8 Å². The van der Waals surface area contributed by atoms with Gasteiger partial charge in [0.15, 0.2) is 0 Å². The molecule has 104 valence electrons. The fourth-order valence-corrected chi connectivity index (χ4v) is 3.99. The molecule has 3 rings (SSSR count). The number of rotatable bonds is 3. The second-order valence-corrected chi connectivity index (χ2v) is 7.07. The van der Waals surface area contributed by atoms with Crippen molar-refractivity contribution >= 4 is 18.3 Å². The number of halogens is 1. The first kappa shape index (κ1) is 14.1. The summed E-state index contributed by atoms with van der Waals surface area (Å²) in [6.45, 7) is 5.40. The van der Waals surface area contributed by atoms with Crippen molar-refractivity contribution in [1.29, 1.82) is 0 Å². The smallest absolute Gasteiger partial charge is 0.224 e. The van der Waals surface area contributed by atoms with Gasteiger partial charge in [-0.25, -0.2) is 0 Å². The molecule has 3 saturated carbocycles. The minimum Gasteiger partial charge on any atom is -0.356 e. The van der Waals surface area contributed by atoms with E-state index in [-0.39, 0.29) is 30.3 Å². The molecule has 5 atom stereocenters. The average Bonchev–Trinajstić information content (AvgIpc) is 2.68. The molecule has 0 radical (unpaired) electrons. The lowest BCUT2D eigenvalue weighted by molar-refractivity contribution is -0.127. The molecular weight excluding hydrogens is 248 g/mol. The molecule has 1 amide bonds. The van der Waals surface area contributed by atoms with Crippen LogP contribution in [0.15, 0.2) is 0 Å². The lowest BCUT2D eigenvalue weighted by Crippen LogP contribution is -2.45. The molecular formula is C14H25ClN2O. The zero-order valence-electron chi connectivity index (χ0n) is 11.3. The molecule has 0 spiro atoms. The van der Waals surface area contributed by atoms with Gasteiger partial charge in [-0.15, -0.1) is 12.4 Å². The summed E-state index contributed by atoms with van der Waals surface area (Å²) in [5.41, 5.74) is 6.63. The standard InChI is InChI=1S/C14H24N2O.ClH/c1-14(2)6-10(14)7-16-13(17)11-8-3-4-9(5-8)12(11)15;/h8-12H,3-7,15H2,1-2H3,(H,16,17);1H. The van der Waals surface area contributed by atoms with Crippen molar-refractivity contribution < 1.29 is 4.79 Å². The Labute approximate surface area is 116 Å². The molecule has 0 saturated heterocycles. The normalized spacial score (nSPS) is 43.4. The van der Waals surface area contributed by atoms with E-state index in [9.17, 15) is 4.79 Å². The molecule has 2 bridgehead atoms. The Kier molecular flexibility index (Phi) is 3.67. The van der Waals surface area contributed by atoms with Crippen LogP contribution < -0.4 is 11.1 Å². The molecule has 3 fully saturated rings. The monoisotopic (exact) mass is 272 g/mol. The summed E-state index contributed by atoms with van der Waals surface area (Å²) >= 11 is 0. The van der Waals surface area contributed by atoms with E-state index >= 15 is 0 Å². The maximum absolute atomic E-state index is 12.2. The Balaban J connectivity index is 0.00000120. The van der Waals surface area contributed by atoms with Crippen LogP contribution in [-0.4, -0.2) is 18.5 Å². The Morgan fingerprint density at radius 2 is 1.94 bits per heavy atom. The van der Waals surface area contributed by atoms with Crippen molar-refractivity contribution in [2.24, 2.45) is 34.8 Å². The summed E-state index contributed by atoms with van der Waals surface area (Å²) in [5.74, 6) is 2.21. The highest BCUT2D eigenvalue weighted by Gasteiger charge is 2.50. The van der Waals surface area contributed by atoms with Gasteiger partial charge in [0.25, 0.3) is 0 Å². The Morgan fingerprint density at radius 3 is 2.44 bits per heavy atom. The van der Waals surface area contributed by atoms with Gasteiger partial charge in [0.05, 0.1) is 5.92 Å². The molecule has 0 aromatic carbocycles. The van der Waals surface area contributed by atoms with Crippen LogP contribution in [0, 0.1) is 29.1 Å². The molecule has 3 aliphatic carbocycles. The summed E-state index contributed by atoms with van der Waals surface area (Å²) in [6, 6.07) is 0.126. The van der Waals surface area contributed by atoms with E-state index < -0.39 is 0 Å². The molecule has 3 aliphatic rings. The molecule has 0 aromatic heterocycles. The molecule has 3 nitrogen and oxygen atoms in total. The zero-order chi connectivity index (χ0) is 12.2. The van der Waals surface area contributed by atoms with Gasteiger partial charge in [0.2, 0.25) is 5.91 Å².